The molecule has 15 heteroatoms. The van der Waals surface area contributed by atoms with Crippen molar-refractivity contribution in [2.45, 2.75) is 56.3 Å². The predicted molar refractivity (Wildman–Crippen MR) is 176 cm³/mol. The van der Waals surface area contributed by atoms with Crippen molar-refractivity contribution in [2.75, 3.05) is 0 Å². The number of primary amides is 1. The molecule has 4 unspecified atom stereocenters. The number of imidazole rings is 1. The van der Waals surface area contributed by atoms with E-state index in [1.54, 1.807) is 12.4 Å². The first-order chi connectivity index (χ1) is 23.1. The van der Waals surface area contributed by atoms with Crippen LogP contribution in [-0.4, -0.2) is 78.8 Å². The minimum Gasteiger partial charge on any atom is -0.480 e. The standard InChI is InChI=1S/C33H37N9O6/c34-23(13-20-16-36-17-39-20)30(44)40-26(9-10-29(35)43)31(45)41-27(11-18-14-37-24-7-3-1-5-21(18)24)32(46)42-28(33(47)48)12-19-15-38-25-8-4-2-6-22(19)25/h1-8,14-17,23,26-28,37-38H,9-13,34H2,(H2,35,43)(H,36,39)(H,40,44)(H,41,45)(H,42,46)(H,47,48). The second-order valence-electron chi connectivity index (χ2n) is 11.5. The van der Waals surface area contributed by atoms with E-state index in [4.69, 9.17) is 11.5 Å². The lowest BCUT2D eigenvalue weighted by atomic mass is 10.0. The summed E-state index contributed by atoms with van der Waals surface area (Å²) < 4.78 is 0. The van der Waals surface area contributed by atoms with Crippen LogP contribution in [0.15, 0.2) is 73.4 Å². The molecule has 0 radical (unpaired) electrons. The van der Waals surface area contributed by atoms with Crippen molar-refractivity contribution in [3.8, 4) is 0 Å². The molecule has 3 aromatic heterocycles. The third-order valence-corrected chi connectivity index (χ3v) is 8.09. The summed E-state index contributed by atoms with van der Waals surface area (Å²) in [6, 6.07) is 9.84. The molecule has 11 N–H and O–H groups in total. The molecule has 0 spiro atoms. The van der Waals surface area contributed by atoms with Gasteiger partial charge in [-0.1, -0.05) is 36.4 Å². The molecular weight excluding hydrogens is 618 g/mol. The van der Waals surface area contributed by atoms with Crippen LogP contribution < -0.4 is 27.4 Å². The number of carbonyl (C=O) groups is 5. The van der Waals surface area contributed by atoms with Crippen LogP contribution in [-0.2, 0) is 43.2 Å². The van der Waals surface area contributed by atoms with Gasteiger partial charge in [0.15, 0.2) is 0 Å². The van der Waals surface area contributed by atoms with Crippen LogP contribution in [0, 0.1) is 0 Å². The first-order valence-electron chi connectivity index (χ1n) is 15.3. The van der Waals surface area contributed by atoms with Crippen LogP contribution in [0.1, 0.15) is 29.7 Å². The van der Waals surface area contributed by atoms with Crippen LogP contribution >= 0.6 is 0 Å². The fourth-order valence-electron chi connectivity index (χ4n) is 5.55. The molecule has 0 aliphatic carbocycles. The lowest BCUT2D eigenvalue weighted by Crippen LogP contribution is -2.58. The summed E-state index contributed by atoms with van der Waals surface area (Å²) >= 11 is 0. The zero-order chi connectivity index (χ0) is 34.2. The van der Waals surface area contributed by atoms with E-state index in [0.29, 0.717) is 16.8 Å². The fourth-order valence-corrected chi connectivity index (χ4v) is 5.55. The van der Waals surface area contributed by atoms with Gasteiger partial charge in [-0.3, -0.25) is 19.2 Å². The molecule has 15 nitrogen and oxygen atoms in total. The Kier molecular flexibility index (Phi) is 10.5. The number of amides is 4. The van der Waals surface area contributed by atoms with Crippen LogP contribution in [0.5, 0.6) is 0 Å². The minimum atomic E-state index is -1.33. The number of para-hydroxylation sites is 2. The van der Waals surface area contributed by atoms with E-state index >= 15 is 0 Å². The van der Waals surface area contributed by atoms with E-state index in [2.05, 4.69) is 35.9 Å². The van der Waals surface area contributed by atoms with E-state index in [-0.39, 0.29) is 32.1 Å². The molecule has 2 aromatic carbocycles. The number of aromatic nitrogens is 4. The largest absolute Gasteiger partial charge is 0.480 e. The number of hydrogen-bond acceptors (Lipinski definition) is 7. The number of aromatic amines is 3. The van der Waals surface area contributed by atoms with Crippen molar-refractivity contribution in [3.05, 3.63) is 90.3 Å². The number of carboxylic acids is 1. The molecule has 3 heterocycles. The maximum absolute atomic E-state index is 13.8. The highest BCUT2D eigenvalue weighted by molar-refractivity contribution is 5.95. The van der Waals surface area contributed by atoms with Gasteiger partial charge in [0.05, 0.1) is 12.4 Å². The van der Waals surface area contributed by atoms with Gasteiger partial charge in [0.1, 0.15) is 18.1 Å². The monoisotopic (exact) mass is 655 g/mol. The molecule has 4 atom stereocenters. The number of rotatable bonds is 16. The summed E-state index contributed by atoms with van der Waals surface area (Å²) in [4.78, 5) is 77.6. The van der Waals surface area contributed by atoms with Crippen molar-refractivity contribution >= 4 is 51.4 Å². The second kappa shape index (κ2) is 15.1. The smallest absolute Gasteiger partial charge is 0.326 e. The number of nitrogens with one attached hydrogen (secondary N) is 6. The van der Waals surface area contributed by atoms with E-state index in [1.165, 1.54) is 12.5 Å². The Morgan fingerprint density at radius 3 is 1.83 bits per heavy atom. The summed E-state index contributed by atoms with van der Waals surface area (Å²) in [5.41, 5.74) is 15.0. The Hall–Kier alpha value is -5.96. The molecule has 4 amide bonds. The SMILES string of the molecule is NC(=O)CCC(NC(=O)C(N)Cc1cnc[nH]1)C(=O)NC(Cc1c[nH]c2ccccc12)C(=O)NC(Cc1c[nH]c2ccccc12)C(=O)O. The van der Waals surface area contributed by atoms with Gasteiger partial charge in [-0.2, -0.15) is 0 Å². The summed E-state index contributed by atoms with van der Waals surface area (Å²) in [6.45, 7) is 0. The van der Waals surface area contributed by atoms with Gasteiger partial charge in [0.25, 0.3) is 0 Å². The number of fused-ring (bicyclic) bond motifs is 2. The Bertz CT molecular complexity index is 1910. The number of carbonyl (C=O) groups excluding carboxylic acids is 4. The lowest BCUT2D eigenvalue weighted by Gasteiger charge is -2.25. The first-order valence-corrected chi connectivity index (χ1v) is 15.3. The van der Waals surface area contributed by atoms with Gasteiger partial charge >= 0.3 is 5.97 Å². The number of nitrogens with zero attached hydrogens (tertiary/aromatic N) is 1. The maximum Gasteiger partial charge on any atom is 0.326 e. The molecule has 48 heavy (non-hydrogen) atoms. The Morgan fingerprint density at radius 2 is 1.27 bits per heavy atom. The van der Waals surface area contributed by atoms with E-state index in [1.807, 2.05) is 48.5 Å². The Balaban J connectivity index is 1.37. The molecule has 250 valence electrons. The minimum absolute atomic E-state index is 0.0170. The number of benzene rings is 2. The van der Waals surface area contributed by atoms with Gasteiger partial charge in [0, 0.05) is 71.8 Å². The highest BCUT2D eigenvalue weighted by Gasteiger charge is 2.32. The first kappa shape index (κ1) is 33.4. The zero-order valence-electron chi connectivity index (χ0n) is 25.9. The number of H-pyrrole nitrogens is 3. The Labute approximate surface area is 274 Å². The third kappa shape index (κ3) is 8.24. The van der Waals surface area contributed by atoms with Gasteiger partial charge < -0.3 is 47.5 Å². The maximum atomic E-state index is 13.8. The molecule has 0 saturated carbocycles. The van der Waals surface area contributed by atoms with Gasteiger partial charge in [0.2, 0.25) is 23.6 Å². The second-order valence-corrected chi connectivity index (χ2v) is 11.5. The van der Waals surface area contributed by atoms with Crippen LogP contribution in [0.25, 0.3) is 21.8 Å². The summed E-state index contributed by atoms with van der Waals surface area (Å²) in [7, 11) is 0. The highest BCUT2D eigenvalue weighted by atomic mass is 16.4. The number of aliphatic carboxylic acids is 1. The average molecular weight is 656 g/mol. The average Bonchev–Trinajstić information content (AvgIpc) is 3.83. The highest BCUT2D eigenvalue weighted by Crippen LogP contribution is 2.21. The Morgan fingerprint density at radius 1 is 0.729 bits per heavy atom. The summed E-state index contributed by atoms with van der Waals surface area (Å²) in [6.07, 6.45) is 6.02. The molecule has 5 rings (SSSR count). The topological polar surface area (TPSA) is 254 Å². The fraction of sp³-hybridized carbons (Fsp3) is 0.273. The molecular formula is C33H37N9O6. The number of carboxylic acid groups (broad SMARTS) is 1. The van der Waals surface area contributed by atoms with E-state index in [0.717, 1.165) is 21.8 Å². The number of nitrogens with two attached hydrogens (primary N) is 2. The van der Waals surface area contributed by atoms with Crippen molar-refractivity contribution in [1.29, 1.82) is 0 Å². The van der Waals surface area contributed by atoms with Crippen LogP contribution in [0.4, 0.5) is 0 Å². The lowest BCUT2D eigenvalue weighted by molar-refractivity contribution is -0.142. The molecule has 0 saturated heterocycles. The van der Waals surface area contributed by atoms with Crippen molar-refractivity contribution in [1.82, 2.24) is 35.9 Å². The molecule has 0 aliphatic rings. The quantitative estimate of drug-likeness (QED) is 0.0723. The molecule has 5 aromatic rings. The molecule has 0 bridgehead atoms. The van der Waals surface area contributed by atoms with Crippen molar-refractivity contribution in [3.63, 3.8) is 0 Å². The number of hydrogen-bond donors (Lipinski definition) is 9. The van der Waals surface area contributed by atoms with Crippen molar-refractivity contribution in [2.24, 2.45) is 11.5 Å². The van der Waals surface area contributed by atoms with Crippen molar-refractivity contribution < 1.29 is 29.1 Å². The molecule has 0 aliphatic heterocycles. The van der Waals surface area contributed by atoms with Gasteiger partial charge in [-0.15, -0.1) is 0 Å². The summed E-state index contributed by atoms with van der Waals surface area (Å²) in [5, 5.41) is 19.5. The third-order valence-electron chi connectivity index (χ3n) is 8.09. The van der Waals surface area contributed by atoms with E-state index in [9.17, 15) is 29.1 Å². The van der Waals surface area contributed by atoms with Crippen LogP contribution in [0.2, 0.25) is 0 Å². The van der Waals surface area contributed by atoms with Crippen LogP contribution in [0.3, 0.4) is 0 Å². The molecule has 0 fully saturated rings. The van der Waals surface area contributed by atoms with E-state index < -0.39 is 53.8 Å². The zero-order valence-corrected chi connectivity index (χ0v) is 25.9. The predicted octanol–water partition coefficient (Wildman–Crippen LogP) is 0.532. The van der Waals surface area contributed by atoms with Gasteiger partial charge in [-0.25, -0.2) is 9.78 Å². The summed E-state index contributed by atoms with van der Waals surface area (Å²) in [5.74, 6) is -4.16. The van der Waals surface area contributed by atoms with Gasteiger partial charge in [-0.05, 0) is 29.7 Å². The normalized spacial score (nSPS) is 13.8.